The zero-order chi connectivity index (χ0) is 18.7. The second kappa shape index (κ2) is 6.83. The highest BCUT2D eigenvalue weighted by molar-refractivity contribution is 5.85. The average molecular weight is 354 g/mol. The number of benzene rings is 1. The SMILES string of the molecule is CC(C)(C)OC(=O)Nc1cccc(Oc2ccnc3ncc(=O)[nH]c23)c1. The van der Waals surface area contributed by atoms with Crippen LogP contribution >= 0.6 is 0 Å². The number of aromatic nitrogens is 3. The number of rotatable bonds is 3. The molecule has 0 saturated heterocycles. The van der Waals surface area contributed by atoms with Gasteiger partial charge in [0.05, 0.1) is 6.20 Å². The van der Waals surface area contributed by atoms with Crippen molar-refractivity contribution < 1.29 is 14.3 Å². The number of anilines is 1. The maximum absolute atomic E-state index is 11.9. The van der Waals surface area contributed by atoms with Gasteiger partial charge in [-0.05, 0) is 32.9 Å². The Morgan fingerprint density at radius 2 is 2.00 bits per heavy atom. The molecule has 3 aromatic rings. The number of pyridine rings is 1. The molecule has 0 atom stereocenters. The first-order valence-corrected chi connectivity index (χ1v) is 7.92. The summed E-state index contributed by atoms with van der Waals surface area (Å²) in [6, 6.07) is 8.43. The first kappa shape index (κ1) is 17.4. The maximum Gasteiger partial charge on any atom is 0.412 e. The van der Waals surface area contributed by atoms with E-state index in [1.807, 2.05) is 0 Å². The smallest absolute Gasteiger partial charge is 0.412 e. The Labute approximate surface area is 149 Å². The van der Waals surface area contributed by atoms with Gasteiger partial charge in [0.2, 0.25) is 0 Å². The Hall–Kier alpha value is -3.42. The van der Waals surface area contributed by atoms with Gasteiger partial charge in [0.15, 0.2) is 11.4 Å². The van der Waals surface area contributed by atoms with Crippen molar-refractivity contribution in [2.75, 3.05) is 5.32 Å². The topological polar surface area (TPSA) is 106 Å². The predicted molar refractivity (Wildman–Crippen MR) is 96.5 cm³/mol. The number of ether oxygens (including phenoxy) is 2. The van der Waals surface area contributed by atoms with Gasteiger partial charge in [-0.15, -0.1) is 0 Å². The van der Waals surface area contributed by atoms with Crippen molar-refractivity contribution >= 4 is 22.9 Å². The molecule has 2 N–H and O–H groups in total. The lowest BCUT2D eigenvalue weighted by molar-refractivity contribution is 0.0636. The fraction of sp³-hybridized carbons (Fsp3) is 0.222. The van der Waals surface area contributed by atoms with Crippen molar-refractivity contribution in [3.05, 3.63) is 53.1 Å². The van der Waals surface area contributed by atoms with E-state index < -0.39 is 11.7 Å². The van der Waals surface area contributed by atoms with Crippen molar-refractivity contribution in [3.8, 4) is 11.5 Å². The molecular formula is C18H18N4O4. The van der Waals surface area contributed by atoms with Crippen molar-refractivity contribution in [2.45, 2.75) is 26.4 Å². The van der Waals surface area contributed by atoms with Crippen molar-refractivity contribution in [3.63, 3.8) is 0 Å². The lowest BCUT2D eigenvalue weighted by Crippen LogP contribution is -2.27. The van der Waals surface area contributed by atoms with Crippen LogP contribution < -0.4 is 15.6 Å². The number of aromatic amines is 1. The summed E-state index contributed by atoms with van der Waals surface area (Å²) in [5.74, 6) is 0.866. The number of carbonyl (C=O) groups excluding carboxylic acids is 1. The van der Waals surface area contributed by atoms with Crippen LogP contribution in [-0.2, 0) is 4.74 Å². The summed E-state index contributed by atoms with van der Waals surface area (Å²) in [6.07, 6.45) is 2.13. The van der Waals surface area contributed by atoms with Gasteiger partial charge < -0.3 is 14.5 Å². The highest BCUT2D eigenvalue weighted by Gasteiger charge is 2.16. The van der Waals surface area contributed by atoms with Crippen LogP contribution in [0.2, 0.25) is 0 Å². The summed E-state index contributed by atoms with van der Waals surface area (Å²) in [7, 11) is 0. The molecule has 2 aromatic heterocycles. The number of fused-ring (bicyclic) bond motifs is 1. The summed E-state index contributed by atoms with van der Waals surface area (Å²) >= 11 is 0. The standard InChI is InChI=1S/C18H18N4O4/c1-18(2,3)26-17(24)21-11-5-4-6-12(9-11)25-13-7-8-19-16-15(13)22-14(23)10-20-16/h4-10H,1-3H3,(H,21,24)(H,22,23). The largest absolute Gasteiger partial charge is 0.455 e. The predicted octanol–water partition coefficient (Wildman–Crippen LogP) is 3.46. The quantitative estimate of drug-likeness (QED) is 0.746. The van der Waals surface area contributed by atoms with E-state index in [1.165, 1.54) is 6.20 Å². The van der Waals surface area contributed by atoms with E-state index in [4.69, 9.17) is 9.47 Å². The Morgan fingerprint density at radius 3 is 2.77 bits per heavy atom. The average Bonchev–Trinajstić information content (AvgIpc) is 2.54. The first-order valence-electron chi connectivity index (χ1n) is 7.92. The third-order valence-corrected chi connectivity index (χ3v) is 3.15. The number of carbonyl (C=O) groups is 1. The Kier molecular flexibility index (Phi) is 4.57. The molecule has 134 valence electrons. The molecule has 0 spiro atoms. The Morgan fingerprint density at radius 1 is 1.19 bits per heavy atom. The monoisotopic (exact) mass is 354 g/mol. The molecule has 1 amide bonds. The van der Waals surface area contributed by atoms with Gasteiger partial charge >= 0.3 is 6.09 Å². The summed E-state index contributed by atoms with van der Waals surface area (Å²) in [6.45, 7) is 5.36. The molecule has 0 unspecified atom stereocenters. The van der Waals surface area contributed by atoms with Gasteiger partial charge in [0, 0.05) is 24.0 Å². The van der Waals surface area contributed by atoms with E-state index in [9.17, 15) is 9.59 Å². The number of amides is 1. The van der Waals surface area contributed by atoms with E-state index in [1.54, 1.807) is 51.1 Å². The van der Waals surface area contributed by atoms with Gasteiger partial charge in [0.25, 0.3) is 5.56 Å². The fourth-order valence-corrected chi connectivity index (χ4v) is 2.20. The molecule has 0 aliphatic carbocycles. The van der Waals surface area contributed by atoms with Crippen molar-refractivity contribution in [2.24, 2.45) is 0 Å². The zero-order valence-electron chi connectivity index (χ0n) is 14.6. The maximum atomic E-state index is 11.9. The van der Waals surface area contributed by atoms with Crippen molar-refractivity contribution in [1.29, 1.82) is 0 Å². The zero-order valence-corrected chi connectivity index (χ0v) is 14.6. The number of nitrogens with zero attached hydrogens (tertiary/aromatic N) is 2. The minimum absolute atomic E-state index is 0.351. The Bertz CT molecular complexity index is 1010. The number of nitrogens with one attached hydrogen (secondary N) is 2. The molecule has 8 heteroatoms. The van der Waals surface area contributed by atoms with E-state index >= 15 is 0 Å². The minimum Gasteiger partial charge on any atom is -0.455 e. The molecule has 0 bridgehead atoms. The highest BCUT2D eigenvalue weighted by atomic mass is 16.6. The second-order valence-corrected chi connectivity index (χ2v) is 6.51. The normalized spacial score (nSPS) is 11.2. The molecule has 1 aromatic carbocycles. The van der Waals surface area contributed by atoms with Crippen LogP contribution in [0, 0.1) is 0 Å². The van der Waals surface area contributed by atoms with Crippen LogP contribution in [0.3, 0.4) is 0 Å². The molecule has 0 aliphatic rings. The van der Waals surface area contributed by atoms with Crippen molar-refractivity contribution in [1.82, 2.24) is 15.0 Å². The molecule has 0 fully saturated rings. The Balaban J connectivity index is 1.82. The van der Waals surface area contributed by atoms with Crippen LogP contribution in [0.1, 0.15) is 20.8 Å². The molecule has 8 nitrogen and oxygen atoms in total. The summed E-state index contributed by atoms with van der Waals surface area (Å²) in [5, 5.41) is 2.65. The van der Waals surface area contributed by atoms with Crippen LogP contribution in [0.5, 0.6) is 11.5 Å². The first-order chi connectivity index (χ1) is 12.3. The van der Waals surface area contributed by atoms with Crippen LogP contribution in [0.25, 0.3) is 11.2 Å². The van der Waals surface area contributed by atoms with Gasteiger partial charge in [-0.25, -0.2) is 14.8 Å². The highest BCUT2D eigenvalue weighted by Crippen LogP contribution is 2.27. The molecule has 26 heavy (non-hydrogen) atoms. The van der Waals surface area contributed by atoms with Crippen LogP contribution in [-0.4, -0.2) is 26.6 Å². The van der Waals surface area contributed by atoms with Gasteiger partial charge in [-0.3, -0.25) is 10.1 Å². The molecule has 0 saturated carbocycles. The van der Waals surface area contributed by atoms with E-state index in [-0.39, 0.29) is 5.56 Å². The molecule has 0 aliphatic heterocycles. The summed E-state index contributed by atoms with van der Waals surface area (Å²) in [5.41, 5.74) is 0.334. The van der Waals surface area contributed by atoms with E-state index in [0.29, 0.717) is 28.4 Å². The molecule has 3 rings (SSSR count). The third-order valence-electron chi connectivity index (χ3n) is 3.15. The number of hydrogen-bond acceptors (Lipinski definition) is 6. The molecule has 0 radical (unpaired) electrons. The minimum atomic E-state index is -0.590. The number of hydrogen-bond donors (Lipinski definition) is 2. The van der Waals surface area contributed by atoms with Crippen LogP contribution in [0.15, 0.2) is 47.5 Å². The van der Waals surface area contributed by atoms with E-state index in [0.717, 1.165) is 6.20 Å². The lowest BCUT2D eigenvalue weighted by atomic mass is 10.2. The third kappa shape index (κ3) is 4.35. The molecular weight excluding hydrogens is 336 g/mol. The van der Waals surface area contributed by atoms with Gasteiger partial charge in [-0.1, -0.05) is 6.07 Å². The summed E-state index contributed by atoms with van der Waals surface area (Å²) < 4.78 is 11.1. The molecule has 2 heterocycles. The fourth-order valence-electron chi connectivity index (χ4n) is 2.20. The number of H-pyrrole nitrogens is 1. The summed E-state index contributed by atoms with van der Waals surface area (Å²) in [4.78, 5) is 34.1. The van der Waals surface area contributed by atoms with Gasteiger partial charge in [-0.2, -0.15) is 0 Å². The second-order valence-electron chi connectivity index (χ2n) is 6.51. The van der Waals surface area contributed by atoms with Gasteiger partial charge in [0.1, 0.15) is 16.9 Å². The van der Waals surface area contributed by atoms with Crippen LogP contribution in [0.4, 0.5) is 10.5 Å². The van der Waals surface area contributed by atoms with E-state index in [2.05, 4.69) is 20.3 Å². The lowest BCUT2D eigenvalue weighted by Gasteiger charge is -2.19.